The van der Waals surface area contributed by atoms with E-state index in [1.54, 1.807) is 19.2 Å². The zero-order valence-corrected chi connectivity index (χ0v) is 21.1. The summed E-state index contributed by atoms with van der Waals surface area (Å²) in [4.78, 5) is 18.8. The van der Waals surface area contributed by atoms with Crippen LogP contribution in [0.3, 0.4) is 0 Å². The minimum absolute atomic E-state index is 0.0166. The number of aliphatic hydroxyl groups is 1. The van der Waals surface area contributed by atoms with Crippen LogP contribution in [-0.4, -0.2) is 71.8 Å². The highest BCUT2D eigenvalue weighted by atomic mass is 19.1. The van der Waals surface area contributed by atoms with Crippen molar-refractivity contribution in [3.05, 3.63) is 65.6 Å². The third kappa shape index (κ3) is 8.58. The number of nitrogens with one attached hydrogen (secondary N) is 3. The van der Waals surface area contributed by atoms with Gasteiger partial charge in [0.15, 0.2) is 5.82 Å². The summed E-state index contributed by atoms with van der Waals surface area (Å²) in [5.41, 5.74) is 8.61. The second kappa shape index (κ2) is 14.0. The number of likely N-dealkylation sites (N-methyl/N-ethyl adjacent to an activating group) is 1. The first-order valence-corrected chi connectivity index (χ1v) is 12.1. The number of ether oxygens (including phenoxy) is 1. The lowest BCUT2D eigenvalue weighted by Crippen LogP contribution is -2.28. The van der Waals surface area contributed by atoms with E-state index in [9.17, 15) is 9.18 Å². The summed E-state index contributed by atoms with van der Waals surface area (Å²) in [7, 11) is 1.79. The van der Waals surface area contributed by atoms with Gasteiger partial charge in [0.1, 0.15) is 17.4 Å². The minimum atomic E-state index is -0.426. The van der Waals surface area contributed by atoms with Crippen molar-refractivity contribution in [3.8, 4) is 5.75 Å². The number of nitrogens with two attached hydrogens (primary N) is 1. The Kier molecular flexibility index (Phi) is 10.4. The summed E-state index contributed by atoms with van der Waals surface area (Å²) in [6.07, 6.45) is 0.860. The number of carbonyl (C=O) groups excluding carboxylic acids is 1. The summed E-state index contributed by atoms with van der Waals surface area (Å²) in [6, 6.07) is 12.8. The molecule has 0 atom stereocenters. The summed E-state index contributed by atoms with van der Waals surface area (Å²) in [6.45, 7) is 5.17. The van der Waals surface area contributed by atoms with E-state index in [1.807, 2.05) is 18.2 Å². The number of rotatable bonds is 14. The van der Waals surface area contributed by atoms with Gasteiger partial charge in [-0.05, 0) is 43.3 Å². The third-order valence-electron chi connectivity index (χ3n) is 5.60. The van der Waals surface area contributed by atoms with Crippen LogP contribution in [0.4, 0.5) is 21.6 Å². The molecule has 0 radical (unpaired) electrons. The first-order valence-electron chi connectivity index (χ1n) is 12.1. The Morgan fingerprint density at radius 1 is 1.24 bits per heavy atom. The van der Waals surface area contributed by atoms with E-state index in [2.05, 4.69) is 37.6 Å². The van der Waals surface area contributed by atoms with Crippen LogP contribution in [0.1, 0.15) is 24.6 Å². The number of H-pyrrole nitrogens is 1. The van der Waals surface area contributed by atoms with Gasteiger partial charge in [0, 0.05) is 54.9 Å². The standard InChI is InChI=1S/C26H34FN7O3/c1-3-34(11-12-35)10-5-13-37-21-8-9-22(23(17-21)29-2)26(28)31-24-15-20(32-33-24)16-25(36)30-19-7-4-6-18(27)14-19/h4,6-9,14-15,17,29,35H,3,5,10-13,16H2,1-2H3,(H,30,36)(H3,28,31,32,33). The third-order valence-corrected chi connectivity index (χ3v) is 5.60. The highest BCUT2D eigenvalue weighted by Crippen LogP contribution is 2.24. The van der Waals surface area contributed by atoms with Gasteiger partial charge < -0.3 is 31.1 Å². The molecule has 6 N–H and O–H groups in total. The number of anilines is 2. The Balaban J connectivity index is 1.58. The maximum atomic E-state index is 13.3. The van der Waals surface area contributed by atoms with Crippen LogP contribution in [0, 0.1) is 5.82 Å². The molecule has 0 bridgehead atoms. The maximum Gasteiger partial charge on any atom is 0.230 e. The molecule has 2 aromatic carbocycles. The van der Waals surface area contributed by atoms with Gasteiger partial charge in [0.25, 0.3) is 0 Å². The van der Waals surface area contributed by atoms with E-state index in [0.717, 1.165) is 25.2 Å². The highest BCUT2D eigenvalue weighted by Gasteiger charge is 2.11. The van der Waals surface area contributed by atoms with E-state index in [4.69, 9.17) is 15.6 Å². The number of nitrogens with zero attached hydrogens (tertiary/aromatic N) is 3. The fourth-order valence-corrected chi connectivity index (χ4v) is 3.72. The molecular formula is C26H34FN7O3. The van der Waals surface area contributed by atoms with Gasteiger partial charge in [-0.15, -0.1) is 0 Å². The number of aliphatic hydroxyl groups excluding tert-OH is 1. The number of benzene rings is 2. The molecule has 11 heteroatoms. The normalized spacial score (nSPS) is 11.5. The molecule has 1 amide bonds. The number of aromatic nitrogens is 2. The number of hydrogen-bond donors (Lipinski definition) is 5. The van der Waals surface area contributed by atoms with E-state index in [1.165, 1.54) is 18.2 Å². The molecule has 0 saturated carbocycles. The molecule has 0 fully saturated rings. The van der Waals surface area contributed by atoms with Crippen molar-refractivity contribution in [3.63, 3.8) is 0 Å². The highest BCUT2D eigenvalue weighted by molar-refractivity contribution is 6.03. The van der Waals surface area contributed by atoms with E-state index in [0.29, 0.717) is 41.7 Å². The Morgan fingerprint density at radius 3 is 2.81 bits per heavy atom. The van der Waals surface area contributed by atoms with Crippen molar-refractivity contribution in [2.24, 2.45) is 10.7 Å². The Morgan fingerprint density at radius 2 is 2.08 bits per heavy atom. The van der Waals surface area contributed by atoms with Crippen molar-refractivity contribution in [2.75, 3.05) is 50.5 Å². The molecule has 0 aliphatic rings. The largest absolute Gasteiger partial charge is 0.493 e. The average Bonchev–Trinajstić information content (AvgIpc) is 3.31. The van der Waals surface area contributed by atoms with Crippen LogP contribution in [0.2, 0.25) is 0 Å². The molecule has 3 rings (SSSR count). The molecule has 0 aliphatic carbocycles. The van der Waals surface area contributed by atoms with Gasteiger partial charge >= 0.3 is 0 Å². The zero-order valence-electron chi connectivity index (χ0n) is 21.1. The van der Waals surface area contributed by atoms with Crippen molar-refractivity contribution < 1.29 is 19.0 Å². The number of amidine groups is 1. The van der Waals surface area contributed by atoms with E-state index in [-0.39, 0.29) is 24.8 Å². The number of aliphatic imine (C=N–C) groups is 1. The number of aromatic amines is 1. The van der Waals surface area contributed by atoms with Crippen molar-refractivity contribution >= 4 is 28.9 Å². The summed E-state index contributed by atoms with van der Waals surface area (Å²) in [5.74, 6) is 0.543. The van der Waals surface area contributed by atoms with Crippen LogP contribution in [0.5, 0.6) is 5.75 Å². The van der Waals surface area contributed by atoms with Gasteiger partial charge in [-0.25, -0.2) is 9.38 Å². The predicted octanol–water partition coefficient (Wildman–Crippen LogP) is 2.89. The molecule has 0 saturated heterocycles. The molecule has 1 heterocycles. The van der Waals surface area contributed by atoms with Crippen LogP contribution >= 0.6 is 0 Å². The number of halogens is 1. The van der Waals surface area contributed by atoms with Crippen LogP contribution in [0.25, 0.3) is 0 Å². The zero-order chi connectivity index (χ0) is 26.6. The molecule has 0 spiro atoms. The lowest BCUT2D eigenvalue weighted by atomic mass is 10.1. The lowest BCUT2D eigenvalue weighted by molar-refractivity contribution is -0.115. The van der Waals surface area contributed by atoms with Gasteiger partial charge in [0.05, 0.1) is 19.6 Å². The molecule has 10 nitrogen and oxygen atoms in total. The second-order valence-corrected chi connectivity index (χ2v) is 8.30. The summed E-state index contributed by atoms with van der Waals surface area (Å²) < 4.78 is 19.2. The smallest absolute Gasteiger partial charge is 0.230 e. The van der Waals surface area contributed by atoms with Crippen LogP contribution in [-0.2, 0) is 11.2 Å². The summed E-state index contributed by atoms with van der Waals surface area (Å²) in [5, 5.41) is 21.7. The molecule has 3 aromatic rings. The maximum absolute atomic E-state index is 13.3. The molecule has 198 valence electrons. The average molecular weight is 512 g/mol. The quantitative estimate of drug-likeness (QED) is 0.127. The molecule has 0 unspecified atom stereocenters. The fraction of sp³-hybridized carbons (Fsp3) is 0.346. The first-order chi connectivity index (χ1) is 17.9. The Labute approximate surface area is 215 Å². The first kappa shape index (κ1) is 27.6. The Bertz CT molecular complexity index is 1200. The monoisotopic (exact) mass is 511 g/mol. The molecule has 37 heavy (non-hydrogen) atoms. The van der Waals surface area contributed by atoms with Crippen molar-refractivity contribution in [1.29, 1.82) is 0 Å². The topological polar surface area (TPSA) is 141 Å². The van der Waals surface area contributed by atoms with Gasteiger partial charge in [-0.1, -0.05) is 13.0 Å². The molecule has 1 aromatic heterocycles. The SMILES string of the molecule is CCN(CCO)CCCOc1ccc(C(N)=Nc2cc(CC(=O)Nc3cccc(F)c3)[nH]n2)c(NC)c1. The van der Waals surface area contributed by atoms with Gasteiger partial charge in [0.2, 0.25) is 5.91 Å². The number of amides is 1. The van der Waals surface area contributed by atoms with Crippen molar-refractivity contribution in [2.45, 2.75) is 19.8 Å². The van der Waals surface area contributed by atoms with Crippen LogP contribution in [0.15, 0.2) is 53.5 Å². The Hall–Kier alpha value is -3.96. The lowest BCUT2D eigenvalue weighted by Gasteiger charge is -2.19. The molecular weight excluding hydrogens is 477 g/mol. The van der Waals surface area contributed by atoms with E-state index >= 15 is 0 Å². The minimum Gasteiger partial charge on any atom is -0.493 e. The fourth-order valence-electron chi connectivity index (χ4n) is 3.72. The number of hydrogen-bond acceptors (Lipinski definition) is 7. The van der Waals surface area contributed by atoms with Gasteiger partial charge in [-0.2, -0.15) is 5.10 Å². The van der Waals surface area contributed by atoms with Gasteiger partial charge in [-0.3, -0.25) is 9.89 Å². The van der Waals surface area contributed by atoms with Crippen molar-refractivity contribution in [1.82, 2.24) is 15.1 Å². The predicted molar refractivity (Wildman–Crippen MR) is 143 cm³/mol. The summed E-state index contributed by atoms with van der Waals surface area (Å²) >= 11 is 0. The second-order valence-electron chi connectivity index (χ2n) is 8.30. The van der Waals surface area contributed by atoms with Crippen LogP contribution < -0.4 is 21.1 Å². The molecule has 0 aliphatic heterocycles. The number of carbonyl (C=O) groups is 1. The van der Waals surface area contributed by atoms with E-state index < -0.39 is 5.82 Å².